The Balaban J connectivity index is 2.49. The zero-order valence-corrected chi connectivity index (χ0v) is 10.9. The van der Waals surface area contributed by atoms with Gasteiger partial charge in [0, 0.05) is 5.38 Å². The van der Waals surface area contributed by atoms with Gasteiger partial charge in [0.05, 0.1) is 9.79 Å². The molecule has 0 saturated heterocycles. The lowest BCUT2D eigenvalue weighted by atomic mass is 10.4. The first-order valence-electron chi connectivity index (χ1n) is 4.51. The van der Waals surface area contributed by atoms with E-state index in [2.05, 4.69) is 0 Å². The lowest BCUT2D eigenvalue weighted by molar-refractivity contribution is 0.566. The van der Waals surface area contributed by atoms with Gasteiger partial charge in [-0.15, -0.1) is 11.3 Å². The van der Waals surface area contributed by atoms with Crippen LogP contribution in [0.5, 0.6) is 0 Å². The van der Waals surface area contributed by atoms with Crippen molar-refractivity contribution >= 4 is 32.3 Å². The molecule has 0 aliphatic heterocycles. The van der Waals surface area contributed by atoms with Gasteiger partial charge in [0.15, 0.2) is 11.1 Å². The molecular weight excluding hydrogens is 280 g/mol. The first-order chi connectivity index (χ1) is 8.01. The predicted molar refractivity (Wildman–Crippen MR) is 65.3 cm³/mol. The fourth-order valence-corrected chi connectivity index (χ4v) is 4.33. The smallest absolute Gasteiger partial charge is 0.207 e. The van der Waals surface area contributed by atoms with Crippen LogP contribution in [-0.2, 0) is 20.9 Å². The zero-order valence-electron chi connectivity index (χ0n) is 8.44. The second-order valence-corrected chi connectivity index (χ2v) is 7.22. The molecular formula is C10H8O4S3. The van der Waals surface area contributed by atoms with Gasteiger partial charge >= 0.3 is 0 Å². The Bertz CT molecular complexity index is 643. The molecule has 1 unspecified atom stereocenters. The van der Waals surface area contributed by atoms with Crippen molar-refractivity contribution in [3.63, 3.8) is 0 Å². The molecule has 0 saturated carbocycles. The van der Waals surface area contributed by atoms with Crippen molar-refractivity contribution < 1.29 is 17.2 Å². The van der Waals surface area contributed by atoms with Gasteiger partial charge in [-0.3, -0.25) is 0 Å². The van der Waals surface area contributed by atoms with E-state index in [1.54, 1.807) is 18.2 Å². The third kappa shape index (κ3) is 2.47. The molecule has 0 radical (unpaired) electrons. The van der Waals surface area contributed by atoms with Crippen LogP contribution in [0.3, 0.4) is 0 Å². The summed E-state index contributed by atoms with van der Waals surface area (Å²) in [6, 6.07) is 9.18. The summed E-state index contributed by atoms with van der Waals surface area (Å²) in [5, 5.41) is 1.37. The molecule has 2 aromatic rings. The van der Waals surface area contributed by atoms with Crippen molar-refractivity contribution in [2.24, 2.45) is 0 Å². The molecule has 1 aromatic heterocycles. The standard InChI is InChI=1S/C10H8O4S3/c11-16(12)10-6-9(7-15-10)17(13,14)8-4-2-1-3-5-8/h1-7H,(H,11,12). The summed E-state index contributed by atoms with van der Waals surface area (Å²) in [6.07, 6.45) is 0. The van der Waals surface area contributed by atoms with Crippen LogP contribution in [0.15, 0.2) is 55.8 Å². The highest BCUT2D eigenvalue weighted by Gasteiger charge is 2.20. The minimum Gasteiger partial charge on any atom is -0.302 e. The zero-order chi connectivity index (χ0) is 12.5. The van der Waals surface area contributed by atoms with Gasteiger partial charge < -0.3 is 4.55 Å². The van der Waals surface area contributed by atoms with Gasteiger partial charge in [0.25, 0.3) is 0 Å². The van der Waals surface area contributed by atoms with Crippen LogP contribution in [0, 0.1) is 0 Å². The predicted octanol–water partition coefficient (Wildman–Crippen LogP) is 2.16. The van der Waals surface area contributed by atoms with Gasteiger partial charge in [0.2, 0.25) is 9.84 Å². The lowest BCUT2D eigenvalue weighted by Crippen LogP contribution is -1.99. The van der Waals surface area contributed by atoms with Crippen LogP contribution < -0.4 is 0 Å². The van der Waals surface area contributed by atoms with Gasteiger partial charge in [0.1, 0.15) is 4.21 Å². The summed E-state index contributed by atoms with van der Waals surface area (Å²) in [7, 11) is -3.59. The average Bonchev–Trinajstić information content (AvgIpc) is 2.80. The fourth-order valence-electron chi connectivity index (χ4n) is 1.27. The van der Waals surface area contributed by atoms with Crippen LogP contribution in [-0.4, -0.2) is 17.2 Å². The van der Waals surface area contributed by atoms with Crippen LogP contribution in [0.4, 0.5) is 0 Å². The Morgan fingerprint density at radius 1 is 1.12 bits per heavy atom. The molecule has 4 nitrogen and oxygen atoms in total. The molecule has 1 atom stereocenters. The minimum absolute atomic E-state index is 0.0473. The monoisotopic (exact) mass is 288 g/mol. The van der Waals surface area contributed by atoms with E-state index in [0.717, 1.165) is 11.3 Å². The molecule has 0 aliphatic rings. The number of thiophene rings is 1. The van der Waals surface area contributed by atoms with Gasteiger partial charge in [-0.05, 0) is 18.2 Å². The highest BCUT2D eigenvalue weighted by Crippen LogP contribution is 2.26. The Morgan fingerprint density at radius 2 is 1.76 bits per heavy atom. The van der Waals surface area contributed by atoms with Crippen molar-refractivity contribution in [3.8, 4) is 0 Å². The van der Waals surface area contributed by atoms with E-state index in [4.69, 9.17) is 4.55 Å². The highest BCUT2D eigenvalue weighted by molar-refractivity contribution is 7.91. The van der Waals surface area contributed by atoms with E-state index in [-0.39, 0.29) is 14.0 Å². The quantitative estimate of drug-likeness (QED) is 0.879. The third-order valence-electron chi connectivity index (χ3n) is 2.09. The molecule has 1 heterocycles. The Morgan fingerprint density at radius 3 is 2.29 bits per heavy atom. The van der Waals surface area contributed by atoms with E-state index in [1.165, 1.54) is 23.6 Å². The molecule has 0 bridgehead atoms. The summed E-state index contributed by atoms with van der Waals surface area (Å²) in [5.74, 6) is 0. The largest absolute Gasteiger partial charge is 0.302 e. The second-order valence-electron chi connectivity index (χ2n) is 3.17. The van der Waals surface area contributed by atoms with Crippen molar-refractivity contribution in [1.82, 2.24) is 0 Å². The lowest BCUT2D eigenvalue weighted by Gasteiger charge is -2.00. The summed E-state index contributed by atoms with van der Waals surface area (Å²) in [5.41, 5.74) is 0. The molecule has 17 heavy (non-hydrogen) atoms. The molecule has 0 fully saturated rings. The summed E-state index contributed by atoms with van der Waals surface area (Å²) >= 11 is -1.20. The number of benzene rings is 1. The normalized spacial score (nSPS) is 13.5. The molecule has 0 amide bonds. The molecule has 1 N–H and O–H groups in total. The molecule has 90 valence electrons. The van der Waals surface area contributed by atoms with Crippen LogP contribution in [0.1, 0.15) is 0 Å². The van der Waals surface area contributed by atoms with E-state index in [1.807, 2.05) is 0 Å². The van der Waals surface area contributed by atoms with E-state index in [0.29, 0.717) is 0 Å². The van der Waals surface area contributed by atoms with Crippen molar-refractivity contribution in [3.05, 3.63) is 41.8 Å². The van der Waals surface area contributed by atoms with Gasteiger partial charge in [-0.25, -0.2) is 12.6 Å². The number of rotatable bonds is 3. The van der Waals surface area contributed by atoms with E-state index in [9.17, 15) is 12.6 Å². The van der Waals surface area contributed by atoms with Crippen molar-refractivity contribution in [1.29, 1.82) is 0 Å². The maximum Gasteiger partial charge on any atom is 0.207 e. The number of sulfone groups is 1. The average molecular weight is 288 g/mol. The molecule has 0 spiro atoms. The summed E-state index contributed by atoms with van der Waals surface area (Å²) in [4.78, 5) is 0.221. The highest BCUT2D eigenvalue weighted by atomic mass is 32.2. The Kier molecular flexibility index (Phi) is 3.43. The summed E-state index contributed by atoms with van der Waals surface area (Å²) in [6.45, 7) is 0. The van der Waals surface area contributed by atoms with Gasteiger partial charge in [-0.2, -0.15) is 0 Å². The first kappa shape index (κ1) is 12.4. The topological polar surface area (TPSA) is 71.4 Å². The van der Waals surface area contributed by atoms with E-state index < -0.39 is 20.9 Å². The molecule has 0 aliphatic carbocycles. The Labute approximate surface area is 105 Å². The molecule has 1 aromatic carbocycles. The SMILES string of the molecule is O=S(O)c1cc(S(=O)(=O)c2ccccc2)cs1. The van der Waals surface area contributed by atoms with Crippen LogP contribution >= 0.6 is 11.3 Å². The maximum absolute atomic E-state index is 12.1. The summed E-state index contributed by atoms with van der Waals surface area (Å²) < 4.78 is 44.0. The van der Waals surface area contributed by atoms with Crippen molar-refractivity contribution in [2.45, 2.75) is 14.0 Å². The number of hydrogen-bond acceptors (Lipinski definition) is 4. The van der Waals surface area contributed by atoms with Crippen LogP contribution in [0.25, 0.3) is 0 Å². The third-order valence-corrected chi connectivity index (χ3v) is 5.89. The Hall–Kier alpha value is -1.02. The molecule has 7 heteroatoms. The fraction of sp³-hybridized carbons (Fsp3) is 0. The maximum atomic E-state index is 12.1. The van der Waals surface area contributed by atoms with Crippen LogP contribution in [0.2, 0.25) is 0 Å². The first-order valence-corrected chi connectivity index (χ1v) is 7.98. The second kappa shape index (κ2) is 4.69. The number of hydrogen-bond donors (Lipinski definition) is 1. The van der Waals surface area contributed by atoms with Gasteiger partial charge in [-0.1, -0.05) is 18.2 Å². The molecule has 2 rings (SSSR count). The van der Waals surface area contributed by atoms with Crippen molar-refractivity contribution in [2.75, 3.05) is 0 Å². The van der Waals surface area contributed by atoms with E-state index >= 15 is 0 Å². The minimum atomic E-state index is -3.59.